The SMILES string of the molecule is Cc1cc(NCC(O)CC(C)(C)C)ncc1Br. The molecule has 0 aliphatic carbocycles. The van der Waals surface area contributed by atoms with Crippen molar-refractivity contribution in [2.75, 3.05) is 11.9 Å². The third-order valence-corrected chi connectivity index (χ3v) is 3.24. The minimum atomic E-state index is -0.347. The van der Waals surface area contributed by atoms with Crippen molar-refractivity contribution in [3.8, 4) is 0 Å². The van der Waals surface area contributed by atoms with Crippen molar-refractivity contribution in [3.63, 3.8) is 0 Å². The maximum absolute atomic E-state index is 9.87. The number of pyridine rings is 1. The van der Waals surface area contributed by atoms with Gasteiger partial charge >= 0.3 is 0 Å². The smallest absolute Gasteiger partial charge is 0.126 e. The number of aryl methyl sites for hydroxylation is 1. The maximum atomic E-state index is 9.87. The van der Waals surface area contributed by atoms with Crippen LogP contribution < -0.4 is 5.32 Å². The Labute approximate surface area is 112 Å². The average Bonchev–Trinajstić information content (AvgIpc) is 2.17. The molecule has 1 aromatic heterocycles. The van der Waals surface area contributed by atoms with E-state index in [0.717, 1.165) is 22.3 Å². The maximum Gasteiger partial charge on any atom is 0.126 e. The quantitative estimate of drug-likeness (QED) is 0.896. The van der Waals surface area contributed by atoms with Crippen LogP contribution in [0.4, 0.5) is 5.82 Å². The molecule has 1 aromatic rings. The van der Waals surface area contributed by atoms with Crippen LogP contribution in [0.15, 0.2) is 16.7 Å². The molecule has 1 rings (SSSR count). The molecule has 0 saturated carbocycles. The van der Waals surface area contributed by atoms with Crippen molar-refractivity contribution in [3.05, 3.63) is 22.3 Å². The summed E-state index contributed by atoms with van der Waals surface area (Å²) in [6.45, 7) is 8.92. The molecule has 0 fully saturated rings. The summed E-state index contributed by atoms with van der Waals surface area (Å²) in [4.78, 5) is 4.24. The molecule has 0 saturated heterocycles. The molecule has 0 spiro atoms. The average molecular weight is 301 g/mol. The number of rotatable bonds is 4. The molecular weight excluding hydrogens is 280 g/mol. The third-order valence-electron chi connectivity index (χ3n) is 2.41. The van der Waals surface area contributed by atoms with Gasteiger partial charge in [-0.1, -0.05) is 20.8 Å². The lowest BCUT2D eigenvalue weighted by Crippen LogP contribution is -2.25. The number of nitrogens with one attached hydrogen (secondary N) is 1. The Hall–Kier alpha value is -0.610. The van der Waals surface area contributed by atoms with E-state index in [1.54, 1.807) is 6.20 Å². The lowest BCUT2D eigenvalue weighted by Gasteiger charge is -2.22. The summed E-state index contributed by atoms with van der Waals surface area (Å²) >= 11 is 3.41. The van der Waals surface area contributed by atoms with Gasteiger partial charge in [-0.3, -0.25) is 0 Å². The van der Waals surface area contributed by atoms with Crippen LogP contribution >= 0.6 is 15.9 Å². The number of nitrogens with zero attached hydrogens (tertiary/aromatic N) is 1. The fourth-order valence-electron chi connectivity index (χ4n) is 1.64. The van der Waals surface area contributed by atoms with E-state index in [9.17, 15) is 5.11 Å². The molecule has 0 aliphatic heterocycles. The van der Waals surface area contributed by atoms with Gasteiger partial charge < -0.3 is 10.4 Å². The lowest BCUT2D eigenvalue weighted by atomic mass is 9.89. The molecule has 0 amide bonds. The van der Waals surface area contributed by atoms with Gasteiger partial charge in [0.05, 0.1) is 6.10 Å². The van der Waals surface area contributed by atoms with Gasteiger partial charge in [-0.15, -0.1) is 0 Å². The van der Waals surface area contributed by atoms with E-state index in [0.29, 0.717) is 6.54 Å². The van der Waals surface area contributed by atoms with Crippen LogP contribution in [-0.2, 0) is 0 Å². The number of hydrogen-bond acceptors (Lipinski definition) is 3. The summed E-state index contributed by atoms with van der Waals surface area (Å²) in [5.41, 5.74) is 1.28. The van der Waals surface area contributed by atoms with Crippen LogP contribution in [0.5, 0.6) is 0 Å². The van der Waals surface area contributed by atoms with Gasteiger partial charge in [-0.05, 0) is 46.3 Å². The number of aromatic nitrogens is 1. The second-order valence-corrected chi connectivity index (χ2v) is 6.47. The third kappa shape index (κ3) is 5.50. The van der Waals surface area contributed by atoms with Crippen LogP contribution in [0.25, 0.3) is 0 Å². The second kappa shape index (κ2) is 5.83. The molecule has 3 nitrogen and oxygen atoms in total. The molecule has 1 unspecified atom stereocenters. The van der Waals surface area contributed by atoms with E-state index in [2.05, 4.69) is 47.0 Å². The summed E-state index contributed by atoms with van der Waals surface area (Å²) in [5, 5.41) is 13.0. The van der Waals surface area contributed by atoms with Gasteiger partial charge in [0.15, 0.2) is 0 Å². The van der Waals surface area contributed by atoms with Crippen LogP contribution in [0.3, 0.4) is 0 Å². The monoisotopic (exact) mass is 300 g/mol. The Kier molecular flexibility index (Phi) is 4.95. The Morgan fingerprint density at radius 3 is 2.65 bits per heavy atom. The van der Waals surface area contributed by atoms with Gasteiger partial charge in [0.1, 0.15) is 5.82 Å². The molecule has 2 N–H and O–H groups in total. The largest absolute Gasteiger partial charge is 0.391 e. The minimum absolute atomic E-state index is 0.143. The standard InChI is InChI=1S/C13H21BrN2O/c1-9-5-12(16-8-11(9)14)15-7-10(17)6-13(2,3)4/h5,8,10,17H,6-7H2,1-4H3,(H,15,16). The van der Waals surface area contributed by atoms with Crippen molar-refractivity contribution in [2.45, 2.75) is 40.2 Å². The summed E-state index contributed by atoms with van der Waals surface area (Å²) in [6, 6.07) is 1.97. The highest BCUT2D eigenvalue weighted by Gasteiger charge is 2.16. The van der Waals surface area contributed by atoms with Crippen LogP contribution in [-0.4, -0.2) is 22.7 Å². The van der Waals surface area contributed by atoms with Crippen molar-refractivity contribution in [1.82, 2.24) is 4.98 Å². The van der Waals surface area contributed by atoms with Crippen molar-refractivity contribution in [1.29, 1.82) is 0 Å². The van der Waals surface area contributed by atoms with E-state index in [1.165, 1.54) is 0 Å². The highest BCUT2D eigenvalue weighted by molar-refractivity contribution is 9.10. The lowest BCUT2D eigenvalue weighted by molar-refractivity contribution is 0.132. The van der Waals surface area contributed by atoms with E-state index < -0.39 is 0 Å². The zero-order valence-electron chi connectivity index (χ0n) is 10.9. The molecular formula is C13H21BrN2O. The first-order valence-corrected chi connectivity index (χ1v) is 6.61. The second-order valence-electron chi connectivity index (χ2n) is 5.62. The summed E-state index contributed by atoms with van der Waals surface area (Å²) in [5.74, 6) is 0.804. The molecule has 4 heteroatoms. The van der Waals surface area contributed by atoms with Gasteiger partial charge in [0.25, 0.3) is 0 Å². The zero-order valence-corrected chi connectivity index (χ0v) is 12.5. The Morgan fingerprint density at radius 2 is 2.12 bits per heavy atom. The predicted octanol–water partition coefficient (Wildman–Crippen LogP) is 3.36. The van der Waals surface area contributed by atoms with Gasteiger partial charge in [-0.2, -0.15) is 0 Å². The van der Waals surface area contributed by atoms with Crippen molar-refractivity contribution < 1.29 is 5.11 Å². The summed E-state index contributed by atoms with van der Waals surface area (Å²) in [6.07, 6.45) is 2.20. The highest BCUT2D eigenvalue weighted by atomic mass is 79.9. The fraction of sp³-hybridized carbons (Fsp3) is 0.615. The van der Waals surface area contributed by atoms with E-state index in [-0.39, 0.29) is 11.5 Å². The van der Waals surface area contributed by atoms with E-state index in [4.69, 9.17) is 0 Å². The van der Waals surface area contributed by atoms with Crippen LogP contribution in [0.2, 0.25) is 0 Å². The first-order valence-electron chi connectivity index (χ1n) is 5.82. The molecule has 1 heterocycles. The Balaban J connectivity index is 2.47. The predicted molar refractivity (Wildman–Crippen MR) is 75.2 cm³/mol. The molecule has 0 bridgehead atoms. The number of halogens is 1. The first kappa shape index (κ1) is 14.5. The topological polar surface area (TPSA) is 45.1 Å². The molecule has 0 aliphatic rings. The summed E-state index contributed by atoms with van der Waals surface area (Å²) in [7, 11) is 0. The number of aliphatic hydroxyl groups excluding tert-OH is 1. The number of hydrogen-bond donors (Lipinski definition) is 2. The molecule has 96 valence electrons. The van der Waals surface area contributed by atoms with Crippen molar-refractivity contribution in [2.24, 2.45) is 5.41 Å². The molecule has 0 aromatic carbocycles. The van der Waals surface area contributed by atoms with Crippen molar-refractivity contribution >= 4 is 21.7 Å². The number of anilines is 1. The first-order chi connectivity index (χ1) is 7.78. The van der Waals surface area contributed by atoms with Gasteiger partial charge in [0, 0.05) is 17.2 Å². The zero-order chi connectivity index (χ0) is 13.1. The fourth-order valence-corrected chi connectivity index (χ4v) is 1.85. The summed E-state index contributed by atoms with van der Waals surface area (Å²) < 4.78 is 0.998. The number of aliphatic hydroxyl groups is 1. The highest BCUT2D eigenvalue weighted by Crippen LogP contribution is 2.21. The van der Waals surface area contributed by atoms with Crippen LogP contribution in [0.1, 0.15) is 32.8 Å². The molecule has 17 heavy (non-hydrogen) atoms. The van der Waals surface area contributed by atoms with Crippen LogP contribution in [0, 0.1) is 12.3 Å². The Bertz CT molecular complexity index is 374. The van der Waals surface area contributed by atoms with E-state index in [1.807, 2.05) is 13.0 Å². The minimum Gasteiger partial charge on any atom is -0.391 e. The molecule has 1 atom stereocenters. The normalized spacial score (nSPS) is 13.5. The van der Waals surface area contributed by atoms with E-state index >= 15 is 0 Å². The Morgan fingerprint density at radius 1 is 1.47 bits per heavy atom. The van der Waals surface area contributed by atoms with Gasteiger partial charge in [0.2, 0.25) is 0 Å². The molecule has 0 radical (unpaired) electrons. The van der Waals surface area contributed by atoms with Gasteiger partial charge in [-0.25, -0.2) is 4.98 Å².